The van der Waals surface area contributed by atoms with Crippen molar-refractivity contribution in [3.8, 4) is 5.75 Å². The minimum absolute atomic E-state index is 0.198. The summed E-state index contributed by atoms with van der Waals surface area (Å²) in [4.78, 5) is 11.4. The number of unbranched alkanes of at least 4 members (excludes halogenated alkanes) is 1. The van der Waals surface area contributed by atoms with Crippen molar-refractivity contribution in [2.75, 3.05) is 32.2 Å². The second-order valence-electron chi connectivity index (χ2n) is 4.32. The number of benzene rings is 1. The summed E-state index contributed by atoms with van der Waals surface area (Å²) in [5.74, 6) is 0.293. The SMILES string of the molecule is CCCCOCCOC(=O)CCOc1ccccc1N. The van der Waals surface area contributed by atoms with E-state index in [1.807, 2.05) is 12.1 Å². The zero-order valence-electron chi connectivity index (χ0n) is 12.0. The molecule has 1 aromatic carbocycles. The van der Waals surface area contributed by atoms with Gasteiger partial charge in [-0.2, -0.15) is 0 Å². The number of esters is 1. The molecule has 0 saturated carbocycles. The van der Waals surface area contributed by atoms with Crippen LogP contribution in [0.25, 0.3) is 0 Å². The first-order chi connectivity index (χ1) is 9.74. The highest BCUT2D eigenvalue weighted by molar-refractivity contribution is 5.69. The van der Waals surface area contributed by atoms with Crippen molar-refractivity contribution in [2.45, 2.75) is 26.2 Å². The lowest BCUT2D eigenvalue weighted by molar-refractivity contribution is -0.145. The summed E-state index contributed by atoms with van der Waals surface area (Å²) < 4.78 is 15.7. The van der Waals surface area contributed by atoms with Gasteiger partial charge in [0.05, 0.1) is 25.3 Å². The van der Waals surface area contributed by atoms with Crippen molar-refractivity contribution in [1.29, 1.82) is 0 Å². The van der Waals surface area contributed by atoms with Gasteiger partial charge in [-0.05, 0) is 18.6 Å². The molecule has 0 amide bonds. The molecule has 112 valence electrons. The summed E-state index contributed by atoms with van der Waals surface area (Å²) in [5.41, 5.74) is 6.28. The van der Waals surface area contributed by atoms with Gasteiger partial charge in [0.25, 0.3) is 0 Å². The van der Waals surface area contributed by atoms with Crippen LogP contribution in [-0.4, -0.2) is 32.4 Å². The van der Waals surface area contributed by atoms with E-state index in [4.69, 9.17) is 19.9 Å². The molecule has 5 nitrogen and oxygen atoms in total. The Kier molecular flexibility index (Phi) is 8.22. The third-order valence-electron chi connectivity index (χ3n) is 2.62. The minimum atomic E-state index is -0.293. The maximum absolute atomic E-state index is 11.4. The number of carbonyl (C=O) groups excluding carboxylic acids is 1. The summed E-state index contributed by atoms with van der Waals surface area (Å²) in [6, 6.07) is 7.18. The first kappa shape index (κ1) is 16.3. The number of nitrogen functional groups attached to an aromatic ring is 1. The zero-order valence-corrected chi connectivity index (χ0v) is 12.0. The molecular weight excluding hydrogens is 258 g/mol. The second-order valence-corrected chi connectivity index (χ2v) is 4.32. The Labute approximate surface area is 120 Å². The Bertz CT molecular complexity index is 395. The Morgan fingerprint density at radius 1 is 1.15 bits per heavy atom. The average molecular weight is 281 g/mol. The van der Waals surface area contributed by atoms with E-state index >= 15 is 0 Å². The van der Waals surface area contributed by atoms with Gasteiger partial charge in [-0.15, -0.1) is 0 Å². The Morgan fingerprint density at radius 3 is 2.70 bits per heavy atom. The van der Waals surface area contributed by atoms with E-state index in [1.165, 1.54) is 0 Å². The van der Waals surface area contributed by atoms with E-state index in [9.17, 15) is 4.79 Å². The van der Waals surface area contributed by atoms with Gasteiger partial charge in [0.15, 0.2) is 0 Å². The summed E-state index contributed by atoms with van der Waals surface area (Å²) >= 11 is 0. The largest absolute Gasteiger partial charge is 0.491 e. The summed E-state index contributed by atoms with van der Waals surface area (Å²) in [5, 5.41) is 0. The van der Waals surface area contributed by atoms with Crippen LogP contribution in [-0.2, 0) is 14.3 Å². The van der Waals surface area contributed by atoms with Crippen LogP contribution < -0.4 is 10.5 Å². The van der Waals surface area contributed by atoms with Gasteiger partial charge in [0.1, 0.15) is 12.4 Å². The van der Waals surface area contributed by atoms with Crippen LogP contribution in [0.2, 0.25) is 0 Å². The Morgan fingerprint density at radius 2 is 1.95 bits per heavy atom. The number of rotatable bonds is 10. The molecule has 0 aliphatic heterocycles. The number of nitrogens with two attached hydrogens (primary N) is 1. The molecule has 0 fully saturated rings. The topological polar surface area (TPSA) is 70.8 Å². The highest BCUT2D eigenvalue weighted by Gasteiger charge is 2.04. The maximum Gasteiger partial charge on any atom is 0.309 e. The minimum Gasteiger partial charge on any atom is -0.491 e. The van der Waals surface area contributed by atoms with Crippen LogP contribution in [0.15, 0.2) is 24.3 Å². The van der Waals surface area contributed by atoms with E-state index in [-0.39, 0.29) is 25.6 Å². The quantitative estimate of drug-likeness (QED) is 0.405. The smallest absolute Gasteiger partial charge is 0.309 e. The number of hydrogen-bond donors (Lipinski definition) is 1. The molecule has 0 aliphatic carbocycles. The molecule has 2 N–H and O–H groups in total. The predicted octanol–water partition coefficient (Wildman–Crippen LogP) is 2.40. The van der Waals surface area contributed by atoms with Gasteiger partial charge in [0.2, 0.25) is 0 Å². The Balaban J connectivity index is 2.04. The molecule has 0 unspecified atom stereocenters. The molecule has 0 radical (unpaired) electrons. The fraction of sp³-hybridized carbons (Fsp3) is 0.533. The van der Waals surface area contributed by atoms with E-state index < -0.39 is 0 Å². The molecule has 0 saturated heterocycles. The molecule has 0 heterocycles. The number of carbonyl (C=O) groups is 1. The molecule has 20 heavy (non-hydrogen) atoms. The number of ether oxygens (including phenoxy) is 3. The van der Waals surface area contributed by atoms with Crippen LogP contribution >= 0.6 is 0 Å². The van der Waals surface area contributed by atoms with E-state index in [2.05, 4.69) is 6.92 Å². The monoisotopic (exact) mass is 281 g/mol. The molecule has 1 aromatic rings. The highest BCUT2D eigenvalue weighted by atomic mass is 16.6. The summed E-state index contributed by atoms with van der Waals surface area (Å²) in [6.07, 6.45) is 2.32. The van der Waals surface area contributed by atoms with Crippen molar-refractivity contribution in [3.63, 3.8) is 0 Å². The lowest BCUT2D eigenvalue weighted by Crippen LogP contribution is -2.14. The molecule has 0 atom stereocenters. The first-order valence-corrected chi connectivity index (χ1v) is 6.94. The highest BCUT2D eigenvalue weighted by Crippen LogP contribution is 2.19. The zero-order chi connectivity index (χ0) is 14.6. The van der Waals surface area contributed by atoms with Gasteiger partial charge in [-0.25, -0.2) is 0 Å². The fourth-order valence-corrected chi connectivity index (χ4v) is 1.49. The van der Waals surface area contributed by atoms with Crippen LogP contribution in [0, 0.1) is 0 Å². The molecule has 0 spiro atoms. The van der Waals surface area contributed by atoms with Gasteiger partial charge >= 0.3 is 5.97 Å². The van der Waals surface area contributed by atoms with Crippen LogP contribution in [0.4, 0.5) is 5.69 Å². The molecule has 0 aromatic heterocycles. The van der Waals surface area contributed by atoms with Gasteiger partial charge < -0.3 is 19.9 Å². The number of para-hydroxylation sites is 2. The second kappa shape index (κ2) is 10.1. The van der Waals surface area contributed by atoms with Gasteiger partial charge in [-0.1, -0.05) is 25.5 Å². The van der Waals surface area contributed by atoms with Crippen LogP contribution in [0.3, 0.4) is 0 Å². The van der Waals surface area contributed by atoms with E-state index in [0.29, 0.717) is 24.7 Å². The fourth-order valence-electron chi connectivity index (χ4n) is 1.49. The predicted molar refractivity (Wildman–Crippen MR) is 77.7 cm³/mol. The maximum atomic E-state index is 11.4. The van der Waals surface area contributed by atoms with Crippen molar-refractivity contribution in [2.24, 2.45) is 0 Å². The third kappa shape index (κ3) is 6.99. The summed E-state index contributed by atoms with van der Waals surface area (Å²) in [6.45, 7) is 3.80. The average Bonchev–Trinajstić information content (AvgIpc) is 2.45. The third-order valence-corrected chi connectivity index (χ3v) is 2.62. The van der Waals surface area contributed by atoms with Crippen LogP contribution in [0.1, 0.15) is 26.2 Å². The molecule has 1 rings (SSSR count). The number of hydrogen-bond acceptors (Lipinski definition) is 5. The first-order valence-electron chi connectivity index (χ1n) is 6.94. The normalized spacial score (nSPS) is 10.2. The van der Waals surface area contributed by atoms with Crippen molar-refractivity contribution >= 4 is 11.7 Å². The van der Waals surface area contributed by atoms with Crippen LogP contribution in [0.5, 0.6) is 5.75 Å². The molecule has 0 aliphatic rings. The molecule has 5 heteroatoms. The standard InChI is InChI=1S/C15H23NO4/c1-2-3-9-18-11-12-20-15(17)8-10-19-14-7-5-4-6-13(14)16/h4-7H,2-3,8-12,16H2,1H3. The van der Waals surface area contributed by atoms with Gasteiger partial charge in [0, 0.05) is 6.61 Å². The lowest BCUT2D eigenvalue weighted by atomic mass is 10.3. The van der Waals surface area contributed by atoms with E-state index in [0.717, 1.165) is 12.8 Å². The van der Waals surface area contributed by atoms with Crippen molar-refractivity contribution < 1.29 is 19.0 Å². The van der Waals surface area contributed by atoms with Gasteiger partial charge in [-0.3, -0.25) is 4.79 Å². The van der Waals surface area contributed by atoms with Crippen molar-refractivity contribution in [3.05, 3.63) is 24.3 Å². The summed E-state index contributed by atoms with van der Waals surface area (Å²) in [7, 11) is 0. The number of anilines is 1. The van der Waals surface area contributed by atoms with E-state index in [1.54, 1.807) is 12.1 Å². The molecule has 0 bridgehead atoms. The lowest BCUT2D eigenvalue weighted by Gasteiger charge is -2.08. The van der Waals surface area contributed by atoms with Crippen molar-refractivity contribution in [1.82, 2.24) is 0 Å². The Hall–Kier alpha value is -1.75. The molecular formula is C15H23NO4.